The number of nitrogens with two attached hydrogens (primary N) is 1. The maximum Gasteiger partial charge on any atom is 0.136 e. The zero-order valence-corrected chi connectivity index (χ0v) is 11.3. The Morgan fingerprint density at radius 2 is 1.95 bits per heavy atom. The Kier molecular flexibility index (Phi) is 3.36. The van der Waals surface area contributed by atoms with Gasteiger partial charge in [-0.05, 0) is 30.1 Å². The van der Waals surface area contributed by atoms with Gasteiger partial charge in [-0.15, -0.1) is 0 Å². The van der Waals surface area contributed by atoms with Crippen molar-refractivity contribution in [2.45, 2.75) is 6.54 Å². The quantitative estimate of drug-likeness (QED) is 0.883. The monoisotopic (exact) mass is 256 g/mol. The van der Waals surface area contributed by atoms with Crippen LogP contribution in [0.5, 0.6) is 0 Å². The molecule has 1 aliphatic heterocycles. The SMILES string of the molecule is CN1CCN(c2nccc3cc(CN)ccc23)CC1. The lowest BCUT2D eigenvalue weighted by atomic mass is 10.1. The number of benzene rings is 1. The first-order valence-corrected chi connectivity index (χ1v) is 6.79. The van der Waals surface area contributed by atoms with E-state index in [1.807, 2.05) is 6.20 Å². The molecular formula is C15H20N4. The van der Waals surface area contributed by atoms with Crippen molar-refractivity contribution < 1.29 is 0 Å². The molecule has 0 unspecified atom stereocenters. The second-order valence-corrected chi connectivity index (χ2v) is 5.18. The van der Waals surface area contributed by atoms with E-state index in [2.05, 4.69) is 46.1 Å². The number of pyridine rings is 1. The van der Waals surface area contributed by atoms with Gasteiger partial charge in [-0.25, -0.2) is 4.98 Å². The summed E-state index contributed by atoms with van der Waals surface area (Å²) in [5.74, 6) is 1.11. The number of hydrogen-bond acceptors (Lipinski definition) is 4. The molecule has 4 heteroatoms. The van der Waals surface area contributed by atoms with Crippen molar-refractivity contribution in [3.63, 3.8) is 0 Å². The first-order valence-electron chi connectivity index (χ1n) is 6.79. The number of fused-ring (bicyclic) bond motifs is 1. The highest BCUT2D eigenvalue weighted by atomic mass is 15.3. The zero-order valence-electron chi connectivity index (χ0n) is 11.3. The lowest BCUT2D eigenvalue weighted by Gasteiger charge is -2.33. The van der Waals surface area contributed by atoms with E-state index >= 15 is 0 Å². The van der Waals surface area contributed by atoms with Gasteiger partial charge in [0.05, 0.1) is 0 Å². The van der Waals surface area contributed by atoms with Gasteiger partial charge in [0.25, 0.3) is 0 Å². The van der Waals surface area contributed by atoms with E-state index in [0.29, 0.717) is 6.54 Å². The molecule has 1 fully saturated rings. The highest BCUT2D eigenvalue weighted by Crippen LogP contribution is 2.25. The Hall–Kier alpha value is -1.65. The summed E-state index contributed by atoms with van der Waals surface area (Å²) in [7, 11) is 2.17. The van der Waals surface area contributed by atoms with Gasteiger partial charge in [0.2, 0.25) is 0 Å². The van der Waals surface area contributed by atoms with Crippen LogP contribution < -0.4 is 10.6 Å². The average Bonchev–Trinajstić information content (AvgIpc) is 2.47. The van der Waals surface area contributed by atoms with Gasteiger partial charge < -0.3 is 15.5 Å². The van der Waals surface area contributed by atoms with Gasteiger partial charge in [-0.3, -0.25) is 0 Å². The Morgan fingerprint density at radius 1 is 1.16 bits per heavy atom. The fourth-order valence-electron chi connectivity index (χ4n) is 2.61. The van der Waals surface area contributed by atoms with E-state index in [-0.39, 0.29) is 0 Å². The topological polar surface area (TPSA) is 45.4 Å². The fraction of sp³-hybridized carbons (Fsp3) is 0.400. The average molecular weight is 256 g/mol. The third-order valence-electron chi connectivity index (χ3n) is 3.85. The minimum atomic E-state index is 0.585. The summed E-state index contributed by atoms with van der Waals surface area (Å²) in [6.07, 6.45) is 1.90. The van der Waals surface area contributed by atoms with Crippen LogP contribution in [0.1, 0.15) is 5.56 Å². The third kappa shape index (κ3) is 2.41. The van der Waals surface area contributed by atoms with Crippen molar-refractivity contribution in [1.29, 1.82) is 0 Å². The van der Waals surface area contributed by atoms with Crippen molar-refractivity contribution in [1.82, 2.24) is 9.88 Å². The number of piperazine rings is 1. The summed E-state index contributed by atoms with van der Waals surface area (Å²) in [5.41, 5.74) is 6.87. The van der Waals surface area contributed by atoms with Crippen LogP contribution in [0.25, 0.3) is 10.8 Å². The molecule has 0 spiro atoms. The van der Waals surface area contributed by atoms with E-state index in [1.54, 1.807) is 0 Å². The predicted octanol–water partition coefficient (Wildman–Crippen LogP) is 1.45. The van der Waals surface area contributed by atoms with Gasteiger partial charge in [0, 0.05) is 44.3 Å². The largest absolute Gasteiger partial charge is 0.354 e. The molecule has 2 N–H and O–H groups in total. The molecule has 0 radical (unpaired) electrons. The van der Waals surface area contributed by atoms with E-state index in [0.717, 1.165) is 32.0 Å². The molecule has 0 amide bonds. The van der Waals surface area contributed by atoms with Crippen LogP contribution in [-0.2, 0) is 6.54 Å². The summed E-state index contributed by atoms with van der Waals surface area (Å²) in [6.45, 7) is 4.86. The van der Waals surface area contributed by atoms with E-state index in [4.69, 9.17) is 5.73 Å². The second kappa shape index (κ2) is 5.15. The first-order chi connectivity index (χ1) is 9.28. The molecule has 1 aromatic heterocycles. The number of anilines is 1. The lowest BCUT2D eigenvalue weighted by Crippen LogP contribution is -2.44. The molecule has 4 nitrogen and oxygen atoms in total. The number of nitrogens with zero attached hydrogens (tertiary/aromatic N) is 3. The summed E-state index contributed by atoms with van der Waals surface area (Å²) in [6, 6.07) is 8.48. The van der Waals surface area contributed by atoms with Crippen LogP contribution in [0.4, 0.5) is 5.82 Å². The number of aromatic nitrogens is 1. The zero-order chi connectivity index (χ0) is 13.2. The van der Waals surface area contributed by atoms with Crippen molar-refractivity contribution >= 4 is 16.6 Å². The van der Waals surface area contributed by atoms with E-state index in [1.165, 1.54) is 16.3 Å². The highest BCUT2D eigenvalue weighted by molar-refractivity contribution is 5.92. The Bertz CT molecular complexity index is 573. The molecule has 1 aromatic carbocycles. The smallest absolute Gasteiger partial charge is 0.136 e. The standard InChI is InChI=1S/C15H20N4/c1-18-6-8-19(9-7-18)15-14-3-2-12(11-16)10-13(14)4-5-17-15/h2-5,10H,6-9,11,16H2,1H3. The van der Waals surface area contributed by atoms with Crippen molar-refractivity contribution in [3.8, 4) is 0 Å². The van der Waals surface area contributed by atoms with Gasteiger partial charge in [-0.2, -0.15) is 0 Å². The molecule has 0 atom stereocenters. The lowest BCUT2D eigenvalue weighted by molar-refractivity contribution is 0.312. The first kappa shape index (κ1) is 12.4. The molecule has 0 saturated carbocycles. The fourth-order valence-corrected chi connectivity index (χ4v) is 2.61. The normalized spacial score (nSPS) is 17.1. The van der Waals surface area contributed by atoms with Gasteiger partial charge in [-0.1, -0.05) is 12.1 Å². The molecule has 0 aliphatic carbocycles. The Labute approximate surface area is 113 Å². The van der Waals surface area contributed by atoms with E-state index in [9.17, 15) is 0 Å². The number of likely N-dealkylation sites (N-methyl/N-ethyl adjacent to an activating group) is 1. The summed E-state index contributed by atoms with van der Waals surface area (Å²) in [4.78, 5) is 9.32. The van der Waals surface area contributed by atoms with Crippen LogP contribution in [0.3, 0.4) is 0 Å². The van der Waals surface area contributed by atoms with Gasteiger partial charge in [0.1, 0.15) is 5.82 Å². The number of hydrogen-bond donors (Lipinski definition) is 1. The molecule has 0 bridgehead atoms. The van der Waals surface area contributed by atoms with Crippen molar-refractivity contribution in [2.24, 2.45) is 5.73 Å². The summed E-state index contributed by atoms with van der Waals surface area (Å²) >= 11 is 0. The molecule has 19 heavy (non-hydrogen) atoms. The highest BCUT2D eigenvalue weighted by Gasteiger charge is 2.17. The molecular weight excluding hydrogens is 236 g/mol. The second-order valence-electron chi connectivity index (χ2n) is 5.18. The third-order valence-corrected chi connectivity index (χ3v) is 3.85. The van der Waals surface area contributed by atoms with Gasteiger partial charge in [0.15, 0.2) is 0 Å². The van der Waals surface area contributed by atoms with Crippen LogP contribution in [-0.4, -0.2) is 43.1 Å². The Morgan fingerprint density at radius 3 is 2.68 bits per heavy atom. The molecule has 1 aliphatic rings. The molecule has 2 heterocycles. The molecule has 1 saturated heterocycles. The van der Waals surface area contributed by atoms with Crippen LogP contribution >= 0.6 is 0 Å². The molecule has 3 rings (SSSR count). The van der Waals surface area contributed by atoms with Crippen LogP contribution in [0, 0.1) is 0 Å². The Balaban J connectivity index is 1.99. The summed E-state index contributed by atoms with van der Waals surface area (Å²) < 4.78 is 0. The minimum absolute atomic E-state index is 0.585. The summed E-state index contributed by atoms with van der Waals surface area (Å²) in [5, 5.41) is 2.45. The van der Waals surface area contributed by atoms with E-state index < -0.39 is 0 Å². The van der Waals surface area contributed by atoms with Crippen LogP contribution in [0.15, 0.2) is 30.5 Å². The maximum atomic E-state index is 5.71. The molecule has 2 aromatic rings. The molecule has 100 valence electrons. The number of rotatable bonds is 2. The van der Waals surface area contributed by atoms with Crippen molar-refractivity contribution in [3.05, 3.63) is 36.0 Å². The minimum Gasteiger partial charge on any atom is -0.354 e. The van der Waals surface area contributed by atoms with Crippen LogP contribution in [0.2, 0.25) is 0 Å². The maximum absolute atomic E-state index is 5.71. The van der Waals surface area contributed by atoms with Gasteiger partial charge >= 0.3 is 0 Å². The van der Waals surface area contributed by atoms with Crippen molar-refractivity contribution in [2.75, 3.05) is 38.1 Å². The predicted molar refractivity (Wildman–Crippen MR) is 79.3 cm³/mol.